The van der Waals surface area contributed by atoms with Gasteiger partial charge in [-0.3, -0.25) is 0 Å². The molecule has 0 amide bonds. The summed E-state index contributed by atoms with van der Waals surface area (Å²) >= 11 is 7.91. The van der Waals surface area contributed by atoms with E-state index in [0.717, 1.165) is 6.42 Å². The van der Waals surface area contributed by atoms with Gasteiger partial charge in [0, 0.05) is 10.4 Å². The molecule has 0 aromatic rings. The number of hydrogen-bond acceptors (Lipinski definition) is 3. The Bertz CT molecular complexity index is 413. The predicted molar refractivity (Wildman–Crippen MR) is 87.1 cm³/mol. The zero-order valence-corrected chi connectivity index (χ0v) is 14.7. The number of allylic oxidation sites excluding steroid dienone is 1. The first-order valence-corrected chi connectivity index (χ1v) is 10.9. The molecule has 1 nitrogen and oxygen atoms in total. The second-order valence-electron chi connectivity index (χ2n) is 6.98. The van der Waals surface area contributed by atoms with Crippen LogP contribution in [0.3, 0.4) is 0 Å². The average Bonchev–Trinajstić information content (AvgIpc) is 2.47. The highest BCUT2D eigenvalue weighted by Gasteiger charge is 2.55. The molecule has 1 heterocycles. The van der Waals surface area contributed by atoms with Crippen LogP contribution >= 0.6 is 16.8 Å². The molecule has 0 bridgehead atoms. The van der Waals surface area contributed by atoms with Crippen molar-refractivity contribution < 1.29 is 4.52 Å². The summed E-state index contributed by atoms with van der Waals surface area (Å²) in [6, 6.07) is 0. The molecular formula is C14H25OPS2. The molecule has 1 aliphatic carbocycles. The second kappa shape index (κ2) is 4.62. The smallest absolute Gasteiger partial charge is 0.125 e. The second-order valence-corrected chi connectivity index (χ2v) is 14.7. The molecule has 1 unspecified atom stereocenters. The van der Waals surface area contributed by atoms with Gasteiger partial charge >= 0.3 is 0 Å². The van der Waals surface area contributed by atoms with Crippen LogP contribution in [0.4, 0.5) is 0 Å². The van der Waals surface area contributed by atoms with Crippen molar-refractivity contribution in [2.24, 2.45) is 5.92 Å². The maximum absolute atomic E-state index is 6.49. The van der Waals surface area contributed by atoms with Crippen molar-refractivity contribution in [1.29, 1.82) is 0 Å². The fourth-order valence-electron chi connectivity index (χ4n) is 2.71. The maximum Gasteiger partial charge on any atom is 0.125 e. The van der Waals surface area contributed by atoms with Gasteiger partial charge in [0.1, 0.15) is 5.47 Å². The van der Waals surface area contributed by atoms with Gasteiger partial charge in [0.15, 0.2) is 0 Å². The van der Waals surface area contributed by atoms with E-state index in [1.165, 1.54) is 18.4 Å². The minimum absolute atomic E-state index is 0.0133. The standard InChI is InChI=1S/C14H25OPS2/c1-10(2)11-7-8-14(6)12(9-11)18-16(17,15-14)13(3,4)5/h11-12H,1,7-9H2,2-6H3/t11-,12+,14+,16?/m1/s1. The Morgan fingerprint density at radius 3 is 2.61 bits per heavy atom. The number of rotatable bonds is 1. The quantitative estimate of drug-likeness (QED) is 0.476. The Hall–Kier alpha value is 0.700. The van der Waals surface area contributed by atoms with Crippen molar-refractivity contribution in [3.05, 3.63) is 12.2 Å². The van der Waals surface area contributed by atoms with Gasteiger partial charge in [-0.1, -0.05) is 56.1 Å². The molecule has 0 aromatic heterocycles. The van der Waals surface area contributed by atoms with Crippen molar-refractivity contribution in [3.63, 3.8) is 0 Å². The van der Waals surface area contributed by atoms with Gasteiger partial charge in [0.25, 0.3) is 0 Å². The minimum Gasteiger partial charge on any atom is -0.334 e. The van der Waals surface area contributed by atoms with Crippen molar-refractivity contribution in [2.45, 2.75) is 69.9 Å². The van der Waals surface area contributed by atoms with Gasteiger partial charge in [-0.25, -0.2) is 0 Å². The zero-order chi connectivity index (χ0) is 13.8. The molecule has 1 saturated heterocycles. The van der Waals surface area contributed by atoms with Gasteiger partial charge in [0.2, 0.25) is 0 Å². The molecule has 1 aliphatic heterocycles. The topological polar surface area (TPSA) is 9.23 Å². The third-order valence-electron chi connectivity index (χ3n) is 4.28. The Kier molecular flexibility index (Phi) is 3.87. The highest BCUT2D eigenvalue weighted by Crippen LogP contribution is 2.79. The van der Waals surface area contributed by atoms with Crippen LogP contribution in [-0.2, 0) is 16.3 Å². The third kappa shape index (κ3) is 2.49. The van der Waals surface area contributed by atoms with Crippen molar-refractivity contribution in [2.75, 3.05) is 0 Å². The Morgan fingerprint density at radius 2 is 2.11 bits per heavy atom. The van der Waals surface area contributed by atoms with Crippen LogP contribution in [0.1, 0.15) is 53.9 Å². The van der Waals surface area contributed by atoms with Crippen LogP contribution in [0.15, 0.2) is 12.2 Å². The van der Waals surface area contributed by atoms with E-state index in [0.29, 0.717) is 11.2 Å². The highest BCUT2D eigenvalue weighted by molar-refractivity contribution is 8.70. The molecule has 0 N–H and O–H groups in total. The van der Waals surface area contributed by atoms with Gasteiger partial charge in [-0.2, -0.15) is 0 Å². The lowest BCUT2D eigenvalue weighted by Gasteiger charge is -2.38. The van der Waals surface area contributed by atoms with Crippen molar-refractivity contribution >= 4 is 28.7 Å². The van der Waals surface area contributed by atoms with Gasteiger partial charge in [0.05, 0.1) is 5.60 Å². The van der Waals surface area contributed by atoms with E-state index in [2.05, 4.69) is 41.2 Å². The Morgan fingerprint density at radius 1 is 1.50 bits per heavy atom. The van der Waals surface area contributed by atoms with E-state index < -0.39 is 5.47 Å². The molecule has 0 radical (unpaired) electrons. The summed E-state index contributed by atoms with van der Waals surface area (Å²) in [4.78, 5) is 0. The summed E-state index contributed by atoms with van der Waals surface area (Å²) < 4.78 is 6.49. The minimum atomic E-state index is -1.76. The van der Waals surface area contributed by atoms with Crippen LogP contribution in [0.5, 0.6) is 0 Å². The van der Waals surface area contributed by atoms with E-state index in [-0.39, 0.29) is 10.8 Å². The summed E-state index contributed by atoms with van der Waals surface area (Å²) in [6.45, 7) is 15.3. The molecule has 18 heavy (non-hydrogen) atoms. The zero-order valence-electron chi connectivity index (χ0n) is 12.2. The molecule has 4 atom stereocenters. The molecule has 2 aliphatic rings. The van der Waals surface area contributed by atoms with Crippen LogP contribution in [0.2, 0.25) is 0 Å². The normalized spacial score (nSPS) is 44.7. The molecule has 1 saturated carbocycles. The Labute approximate surface area is 121 Å². The van der Waals surface area contributed by atoms with Crippen molar-refractivity contribution in [3.8, 4) is 0 Å². The number of fused-ring (bicyclic) bond motifs is 1. The lowest BCUT2D eigenvalue weighted by Crippen LogP contribution is -2.40. The first-order valence-electron chi connectivity index (χ1n) is 6.72. The summed E-state index contributed by atoms with van der Waals surface area (Å²) in [5, 5.41) is 0.671. The highest BCUT2D eigenvalue weighted by atomic mass is 32.9. The molecule has 104 valence electrons. The van der Waals surface area contributed by atoms with E-state index in [1.807, 2.05) is 11.4 Å². The number of hydrogen-bond donors (Lipinski definition) is 0. The van der Waals surface area contributed by atoms with Gasteiger partial charge in [-0.15, -0.1) is 0 Å². The lowest BCUT2D eigenvalue weighted by molar-refractivity contribution is 0.0649. The molecule has 0 aromatic carbocycles. The predicted octanol–water partition coefficient (Wildman–Crippen LogP) is 5.36. The van der Waals surface area contributed by atoms with Crippen LogP contribution < -0.4 is 0 Å². The van der Waals surface area contributed by atoms with Gasteiger partial charge in [-0.05, 0) is 39.0 Å². The molecular weight excluding hydrogens is 279 g/mol. The summed E-state index contributed by atoms with van der Waals surface area (Å²) in [6.07, 6.45) is 3.55. The fourth-order valence-corrected chi connectivity index (χ4v) is 10.2. The van der Waals surface area contributed by atoms with Crippen LogP contribution in [-0.4, -0.2) is 16.0 Å². The van der Waals surface area contributed by atoms with Gasteiger partial charge < -0.3 is 4.52 Å². The van der Waals surface area contributed by atoms with E-state index in [4.69, 9.17) is 16.3 Å². The fraction of sp³-hybridized carbons (Fsp3) is 0.857. The first-order chi connectivity index (χ1) is 8.07. The first kappa shape index (κ1) is 15.1. The molecule has 4 heteroatoms. The monoisotopic (exact) mass is 304 g/mol. The summed E-state index contributed by atoms with van der Waals surface area (Å²) in [7, 11) is 0. The molecule has 2 rings (SSSR count). The molecule has 0 spiro atoms. The van der Waals surface area contributed by atoms with E-state index >= 15 is 0 Å². The SMILES string of the molecule is C=C(C)[C@@H]1CC[C@]2(C)OP(=S)(C(C)(C)C)S[C@H]2C1. The van der Waals surface area contributed by atoms with E-state index in [1.54, 1.807) is 0 Å². The lowest BCUT2D eigenvalue weighted by atomic mass is 9.77. The third-order valence-corrected chi connectivity index (χ3v) is 13.9. The largest absolute Gasteiger partial charge is 0.334 e. The van der Waals surface area contributed by atoms with Crippen LogP contribution in [0.25, 0.3) is 0 Å². The molecule has 2 fully saturated rings. The summed E-state index contributed by atoms with van der Waals surface area (Å²) in [5.74, 6) is 0.667. The van der Waals surface area contributed by atoms with E-state index in [9.17, 15) is 0 Å². The Balaban J connectivity index is 2.23. The average molecular weight is 304 g/mol. The van der Waals surface area contributed by atoms with Crippen LogP contribution in [0, 0.1) is 5.92 Å². The summed E-state index contributed by atoms with van der Waals surface area (Å²) in [5.41, 5.74) is -0.420. The van der Waals surface area contributed by atoms with Crippen molar-refractivity contribution in [1.82, 2.24) is 0 Å². The maximum atomic E-state index is 6.49.